The van der Waals surface area contributed by atoms with E-state index in [1.165, 1.54) is 6.07 Å². The fourth-order valence-corrected chi connectivity index (χ4v) is 3.40. The summed E-state index contributed by atoms with van der Waals surface area (Å²) < 4.78 is 13.9. The van der Waals surface area contributed by atoms with Crippen molar-refractivity contribution in [1.82, 2.24) is 10.2 Å². The highest BCUT2D eigenvalue weighted by Gasteiger charge is 2.26. The molecule has 2 aromatic rings. The average Bonchev–Trinajstić information content (AvgIpc) is 2.68. The lowest BCUT2D eigenvalue weighted by Crippen LogP contribution is -2.47. The largest absolute Gasteiger partial charge is 0.353 e. The molecule has 2 amide bonds. The third-order valence-electron chi connectivity index (χ3n) is 5.19. The molecule has 0 aromatic heterocycles. The van der Waals surface area contributed by atoms with Gasteiger partial charge in [0.15, 0.2) is 0 Å². The molecule has 1 heterocycles. The number of carbonyl (C=O) groups excluding carboxylic acids is 2. The maximum Gasteiger partial charge on any atom is 0.253 e. The standard InChI is InChI=1S/C22H25FN2O2/c1-15-7-9-17(10-8-15)22(27)25-13-11-18(12-14-25)24-21(26)16(2)19-5-3-4-6-20(19)23/h3-10,16,18H,11-14H2,1-2H3,(H,24,26). The fraction of sp³-hybridized carbons (Fsp3) is 0.364. The van der Waals surface area contributed by atoms with Crippen molar-refractivity contribution in [1.29, 1.82) is 0 Å². The second kappa shape index (κ2) is 8.33. The molecule has 1 aliphatic rings. The number of likely N-dealkylation sites (tertiary alicyclic amines) is 1. The number of rotatable bonds is 4. The molecule has 1 fully saturated rings. The summed E-state index contributed by atoms with van der Waals surface area (Å²) in [5, 5.41) is 3.01. The predicted octanol–water partition coefficient (Wildman–Crippen LogP) is 3.66. The van der Waals surface area contributed by atoms with E-state index in [2.05, 4.69) is 5.32 Å². The third-order valence-corrected chi connectivity index (χ3v) is 5.19. The zero-order valence-corrected chi connectivity index (χ0v) is 15.7. The molecule has 0 aliphatic carbocycles. The summed E-state index contributed by atoms with van der Waals surface area (Å²) in [4.78, 5) is 26.9. The molecule has 2 aromatic carbocycles. The highest BCUT2D eigenvalue weighted by molar-refractivity contribution is 5.94. The first-order valence-electron chi connectivity index (χ1n) is 9.36. The van der Waals surface area contributed by atoms with Gasteiger partial charge in [-0.15, -0.1) is 0 Å². The summed E-state index contributed by atoms with van der Waals surface area (Å²) in [5.74, 6) is -1.06. The van der Waals surface area contributed by atoms with Gasteiger partial charge in [-0.2, -0.15) is 0 Å². The van der Waals surface area contributed by atoms with Crippen molar-refractivity contribution in [3.05, 3.63) is 71.0 Å². The van der Waals surface area contributed by atoms with Crippen LogP contribution in [0.1, 0.15) is 47.2 Å². The van der Waals surface area contributed by atoms with E-state index < -0.39 is 5.92 Å². The van der Waals surface area contributed by atoms with Crippen LogP contribution in [-0.2, 0) is 4.79 Å². The Kier molecular flexibility index (Phi) is 5.89. The van der Waals surface area contributed by atoms with E-state index >= 15 is 0 Å². The van der Waals surface area contributed by atoms with Crippen LogP contribution in [0.3, 0.4) is 0 Å². The van der Waals surface area contributed by atoms with Crippen molar-refractivity contribution >= 4 is 11.8 Å². The molecule has 1 unspecified atom stereocenters. The van der Waals surface area contributed by atoms with Crippen LogP contribution in [0.2, 0.25) is 0 Å². The normalized spacial score (nSPS) is 16.0. The Balaban J connectivity index is 1.53. The Morgan fingerprint density at radius 2 is 1.70 bits per heavy atom. The monoisotopic (exact) mass is 368 g/mol. The molecule has 27 heavy (non-hydrogen) atoms. The topological polar surface area (TPSA) is 49.4 Å². The fourth-order valence-electron chi connectivity index (χ4n) is 3.40. The summed E-state index contributed by atoms with van der Waals surface area (Å²) >= 11 is 0. The molecule has 3 rings (SSSR count). The van der Waals surface area contributed by atoms with E-state index in [4.69, 9.17) is 0 Å². The molecular weight excluding hydrogens is 343 g/mol. The highest BCUT2D eigenvalue weighted by Crippen LogP contribution is 2.20. The minimum atomic E-state index is -0.543. The van der Waals surface area contributed by atoms with Crippen LogP contribution in [0.25, 0.3) is 0 Å². The molecular formula is C22H25FN2O2. The zero-order chi connectivity index (χ0) is 19.4. The second-order valence-electron chi connectivity index (χ2n) is 7.18. The molecule has 1 N–H and O–H groups in total. The summed E-state index contributed by atoms with van der Waals surface area (Å²) in [6.45, 7) is 4.91. The number of nitrogens with zero attached hydrogens (tertiary/aromatic N) is 1. The minimum absolute atomic E-state index is 0.00814. The SMILES string of the molecule is Cc1ccc(C(=O)N2CCC(NC(=O)C(C)c3ccccc3F)CC2)cc1. The van der Waals surface area contributed by atoms with E-state index in [0.717, 1.165) is 5.56 Å². The van der Waals surface area contributed by atoms with Gasteiger partial charge in [0.1, 0.15) is 5.82 Å². The summed E-state index contributed by atoms with van der Waals surface area (Å²) in [7, 11) is 0. The Hall–Kier alpha value is -2.69. The van der Waals surface area contributed by atoms with E-state index in [-0.39, 0.29) is 23.7 Å². The summed E-state index contributed by atoms with van der Waals surface area (Å²) in [6, 6.07) is 13.9. The second-order valence-corrected chi connectivity index (χ2v) is 7.18. The molecule has 1 saturated heterocycles. The number of benzene rings is 2. The number of amides is 2. The number of hydrogen-bond donors (Lipinski definition) is 1. The lowest BCUT2D eigenvalue weighted by atomic mass is 9.97. The van der Waals surface area contributed by atoms with Gasteiger partial charge in [-0.1, -0.05) is 35.9 Å². The van der Waals surface area contributed by atoms with Crippen LogP contribution in [0.5, 0.6) is 0 Å². The van der Waals surface area contributed by atoms with Crippen LogP contribution in [0.4, 0.5) is 4.39 Å². The number of nitrogens with one attached hydrogen (secondary N) is 1. The van der Waals surface area contributed by atoms with Gasteiger partial charge in [0, 0.05) is 24.7 Å². The zero-order valence-electron chi connectivity index (χ0n) is 15.7. The first-order valence-corrected chi connectivity index (χ1v) is 9.36. The third kappa shape index (κ3) is 4.54. The van der Waals surface area contributed by atoms with Gasteiger partial charge in [0.2, 0.25) is 5.91 Å². The minimum Gasteiger partial charge on any atom is -0.353 e. The van der Waals surface area contributed by atoms with Gasteiger partial charge < -0.3 is 10.2 Å². The maximum atomic E-state index is 13.9. The number of hydrogen-bond acceptors (Lipinski definition) is 2. The van der Waals surface area contributed by atoms with Crippen LogP contribution >= 0.6 is 0 Å². The Bertz CT molecular complexity index is 811. The van der Waals surface area contributed by atoms with Crippen LogP contribution in [0.15, 0.2) is 48.5 Å². The van der Waals surface area contributed by atoms with Gasteiger partial charge in [-0.05, 0) is 50.5 Å². The van der Waals surface area contributed by atoms with Crippen LogP contribution in [-0.4, -0.2) is 35.8 Å². The number of aryl methyl sites for hydroxylation is 1. The number of piperidine rings is 1. The van der Waals surface area contributed by atoms with Gasteiger partial charge >= 0.3 is 0 Å². The quantitative estimate of drug-likeness (QED) is 0.895. The Morgan fingerprint density at radius 3 is 2.33 bits per heavy atom. The molecule has 5 heteroatoms. The van der Waals surface area contributed by atoms with E-state index in [0.29, 0.717) is 37.1 Å². The maximum absolute atomic E-state index is 13.9. The van der Waals surface area contributed by atoms with Gasteiger partial charge in [0.25, 0.3) is 5.91 Å². The Morgan fingerprint density at radius 1 is 1.07 bits per heavy atom. The molecule has 4 nitrogen and oxygen atoms in total. The predicted molar refractivity (Wildman–Crippen MR) is 103 cm³/mol. The number of halogens is 1. The molecule has 142 valence electrons. The van der Waals surface area contributed by atoms with Crippen molar-refractivity contribution in [2.75, 3.05) is 13.1 Å². The first-order chi connectivity index (χ1) is 13.0. The highest BCUT2D eigenvalue weighted by atomic mass is 19.1. The molecule has 0 spiro atoms. The van der Waals surface area contributed by atoms with Gasteiger partial charge in [-0.3, -0.25) is 9.59 Å². The van der Waals surface area contributed by atoms with Crippen molar-refractivity contribution in [2.24, 2.45) is 0 Å². The van der Waals surface area contributed by atoms with E-state index in [1.807, 2.05) is 36.1 Å². The van der Waals surface area contributed by atoms with Crippen LogP contribution < -0.4 is 5.32 Å². The smallest absolute Gasteiger partial charge is 0.253 e. The van der Waals surface area contributed by atoms with E-state index in [9.17, 15) is 14.0 Å². The molecule has 0 radical (unpaired) electrons. The van der Waals surface area contributed by atoms with Crippen molar-refractivity contribution in [3.63, 3.8) is 0 Å². The molecule has 1 aliphatic heterocycles. The average molecular weight is 368 g/mol. The summed E-state index contributed by atoms with van der Waals surface area (Å²) in [5.41, 5.74) is 2.22. The molecule has 0 saturated carbocycles. The molecule has 0 bridgehead atoms. The summed E-state index contributed by atoms with van der Waals surface area (Å²) in [6.07, 6.45) is 1.40. The molecule has 1 atom stereocenters. The van der Waals surface area contributed by atoms with E-state index in [1.54, 1.807) is 25.1 Å². The Labute approximate surface area is 159 Å². The van der Waals surface area contributed by atoms with Crippen molar-refractivity contribution in [2.45, 2.75) is 38.6 Å². The first kappa shape index (κ1) is 19.1. The van der Waals surface area contributed by atoms with Gasteiger partial charge in [-0.25, -0.2) is 4.39 Å². The van der Waals surface area contributed by atoms with Crippen molar-refractivity contribution < 1.29 is 14.0 Å². The lowest BCUT2D eigenvalue weighted by Gasteiger charge is -2.33. The van der Waals surface area contributed by atoms with Crippen molar-refractivity contribution in [3.8, 4) is 0 Å². The lowest BCUT2D eigenvalue weighted by molar-refractivity contribution is -0.123. The number of carbonyl (C=O) groups is 2. The van der Waals surface area contributed by atoms with Crippen LogP contribution in [0, 0.1) is 12.7 Å². The van der Waals surface area contributed by atoms with Gasteiger partial charge in [0.05, 0.1) is 5.92 Å².